The van der Waals surface area contributed by atoms with Gasteiger partial charge in [0.05, 0.1) is 12.7 Å². The summed E-state index contributed by atoms with van der Waals surface area (Å²) in [4.78, 5) is 15.1. The van der Waals surface area contributed by atoms with Crippen molar-refractivity contribution in [2.45, 2.75) is 0 Å². The molecule has 18 heavy (non-hydrogen) atoms. The van der Waals surface area contributed by atoms with Crippen LogP contribution < -0.4 is 4.74 Å². The molecule has 0 saturated heterocycles. The van der Waals surface area contributed by atoms with Gasteiger partial charge in [-0.05, 0) is 24.3 Å². The summed E-state index contributed by atoms with van der Waals surface area (Å²) < 4.78 is 10.2. The van der Waals surface area contributed by atoms with E-state index in [9.17, 15) is 4.79 Å². The normalized spacial score (nSPS) is 9.89. The fourth-order valence-corrected chi connectivity index (χ4v) is 1.51. The van der Waals surface area contributed by atoms with Gasteiger partial charge in [-0.2, -0.15) is 0 Å². The van der Waals surface area contributed by atoms with Crippen LogP contribution in [0, 0.1) is 0 Å². The van der Waals surface area contributed by atoms with E-state index in [1.54, 1.807) is 36.5 Å². The van der Waals surface area contributed by atoms with Crippen molar-refractivity contribution < 1.29 is 14.3 Å². The predicted octanol–water partition coefficient (Wildman–Crippen LogP) is 3.31. The van der Waals surface area contributed by atoms with Crippen LogP contribution >= 0.6 is 11.6 Å². The summed E-state index contributed by atoms with van der Waals surface area (Å²) in [6, 6.07) is 8.25. The number of aromatic nitrogens is 1. The Bertz CT molecular complexity index is 554. The number of ether oxygens (including phenoxy) is 2. The van der Waals surface area contributed by atoms with Gasteiger partial charge in [0.15, 0.2) is 0 Å². The van der Waals surface area contributed by atoms with E-state index in [1.807, 2.05) is 0 Å². The first kappa shape index (κ1) is 12.4. The lowest BCUT2D eigenvalue weighted by molar-refractivity contribution is 0.0600. The maximum Gasteiger partial charge on any atom is 0.337 e. The average molecular weight is 264 g/mol. The van der Waals surface area contributed by atoms with Gasteiger partial charge in [-0.25, -0.2) is 4.79 Å². The van der Waals surface area contributed by atoms with Crippen molar-refractivity contribution >= 4 is 17.6 Å². The maximum absolute atomic E-state index is 11.2. The molecule has 0 amide bonds. The standard InChI is InChI=1S/C13H10ClNO3/c1-17-13(16)9-2-4-10(5-3-9)18-12-6-7-15-8-11(12)14/h2-8H,1H3. The molecule has 0 aliphatic carbocycles. The zero-order valence-corrected chi connectivity index (χ0v) is 10.3. The molecule has 0 fully saturated rings. The Morgan fingerprint density at radius 1 is 1.22 bits per heavy atom. The molecule has 0 atom stereocenters. The number of hydrogen-bond donors (Lipinski definition) is 0. The zero-order chi connectivity index (χ0) is 13.0. The summed E-state index contributed by atoms with van der Waals surface area (Å²) >= 11 is 5.92. The molecular formula is C13H10ClNO3. The summed E-state index contributed by atoms with van der Waals surface area (Å²) in [6.45, 7) is 0. The summed E-state index contributed by atoms with van der Waals surface area (Å²) in [5.41, 5.74) is 0.464. The highest BCUT2D eigenvalue weighted by molar-refractivity contribution is 6.31. The van der Waals surface area contributed by atoms with Crippen LogP contribution in [-0.4, -0.2) is 18.1 Å². The molecule has 1 aromatic heterocycles. The smallest absolute Gasteiger partial charge is 0.337 e. The minimum atomic E-state index is -0.386. The number of rotatable bonds is 3. The second kappa shape index (κ2) is 5.51. The fraction of sp³-hybridized carbons (Fsp3) is 0.0769. The predicted molar refractivity (Wildman–Crippen MR) is 67.1 cm³/mol. The molecule has 0 radical (unpaired) electrons. The summed E-state index contributed by atoms with van der Waals surface area (Å²) in [5, 5.41) is 0.426. The van der Waals surface area contributed by atoms with E-state index in [-0.39, 0.29) is 5.97 Å². The van der Waals surface area contributed by atoms with Crippen molar-refractivity contribution in [2.24, 2.45) is 0 Å². The van der Waals surface area contributed by atoms with E-state index in [4.69, 9.17) is 16.3 Å². The molecule has 0 saturated carbocycles. The third kappa shape index (κ3) is 2.78. The number of halogens is 1. The summed E-state index contributed by atoms with van der Waals surface area (Å²) in [5.74, 6) is 0.705. The molecule has 4 nitrogen and oxygen atoms in total. The Balaban J connectivity index is 2.16. The van der Waals surface area contributed by atoms with Crippen molar-refractivity contribution in [3.8, 4) is 11.5 Å². The van der Waals surface area contributed by atoms with Gasteiger partial charge in [-0.3, -0.25) is 4.98 Å². The van der Waals surface area contributed by atoms with Crippen LogP contribution in [0.4, 0.5) is 0 Å². The highest BCUT2D eigenvalue weighted by Crippen LogP contribution is 2.28. The van der Waals surface area contributed by atoms with Crippen LogP contribution in [0.2, 0.25) is 5.02 Å². The van der Waals surface area contributed by atoms with Crippen LogP contribution in [0.1, 0.15) is 10.4 Å². The monoisotopic (exact) mass is 263 g/mol. The number of hydrogen-bond acceptors (Lipinski definition) is 4. The number of carbonyl (C=O) groups excluding carboxylic acids is 1. The number of carbonyl (C=O) groups is 1. The molecule has 0 aliphatic heterocycles. The highest BCUT2D eigenvalue weighted by Gasteiger charge is 2.06. The average Bonchev–Trinajstić information content (AvgIpc) is 2.41. The van der Waals surface area contributed by atoms with Crippen molar-refractivity contribution in [2.75, 3.05) is 7.11 Å². The van der Waals surface area contributed by atoms with Crippen molar-refractivity contribution in [3.05, 3.63) is 53.3 Å². The van der Waals surface area contributed by atoms with Crippen LogP contribution in [0.5, 0.6) is 11.5 Å². The number of pyridine rings is 1. The van der Waals surface area contributed by atoms with E-state index in [0.29, 0.717) is 22.1 Å². The van der Waals surface area contributed by atoms with Gasteiger partial charge in [0.1, 0.15) is 16.5 Å². The van der Waals surface area contributed by atoms with Crippen LogP contribution in [0.3, 0.4) is 0 Å². The maximum atomic E-state index is 11.2. The van der Waals surface area contributed by atoms with Gasteiger partial charge in [0, 0.05) is 18.5 Å². The van der Waals surface area contributed by atoms with Crippen molar-refractivity contribution in [1.29, 1.82) is 0 Å². The van der Waals surface area contributed by atoms with Crippen molar-refractivity contribution in [1.82, 2.24) is 4.98 Å². The molecule has 0 N–H and O–H groups in total. The number of benzene rings is 1. The Hall–Kier alpha value is -2.07. The minimum absolute atomic E-state index is 0.386. The van der Waals surface area contributed by atoms with Gasteiger partial charge >= 0.3 is 5.97 Å². The lowest BCUT2D eigenvalue weighted by atomic mass is 10.2. The minimum Gasteiger partial charge on any atom is -0.465 e. The van der Waals surface area contributed by atoms with Gasteiger partial charge in [-0.15, -0.1) is 0 Å². The third-order valence-electron chi connectivity index (χ3n) is 2.24. The molecule has 1 aromatic carbocycles. The highest BCUT2D eigenvalue weighted by atomic mass is 35.5. The quantitative estimate of drug-likeness (QED) is 0.797. The van der Waals surface area contributed by atoms with E-state index in [0.717, 1.165) is 0 Å². The largest absolute Gasteiger partial charge is 0.465 e. The topological polar surface area (TPSA) is 48.4 Å². The van der Waals surface area contributed by atoms with E-state index < -0.39 is 0 Å². The number of methoxy groups -OCH3 is 1. The lowest BCUT2D eigenvalue weighted by Crippen LogP contribution is -2.00. The molecule has 2 rings (SSSR count). The molecule has 0 aliphatic rings. The first-order valence-corrected chi connectivity index (χ1v) is 5.54. The Morgan fingerprint density at radius 3 is 2.56 bits per heavy atom. The zero-order valence-electron chi connectivity index (χ0n) is 9.59. The molecule has 1 heterocycles. The molecule has 0 unspecified atom stereocenters. The summed E-state index contributed by atoms with van der Waals surface area (Å²) in [6.07, 6.45) is 3.09. The lowest BCUT2D eigenvalue weighted by Gasteiger charge is -2.07. The molecule has 5 heteroatoms. The Morgan fingerprint density at radius 2 is 1.94 bits per heavy atom. The molecular weight excluding hydrogens is 254 g/mol. The summed E-state index contributed by atoms with van der Waals surface area (Å²) in [7, 11) is 1.34. The molecule has 0 spiro atoms. The SMILES string of the molecule is COC(=O)c1ccc(Oc2ccncc2Cl)cc1. The van der Waals surface area contributed by atoms with Gasteiger partial charge in [0.25, 0.3) is 0 Å². The van der Waals surface area contributed by atoms with Gasteiger partial charge in [-0.1, -0.05) is 11.6 Å². The van der Waals surface area contributed by atoms with Crippen LogP contribution in [-0.2, 0) is 4.74 Å². The van der Waals surface area contributed by atoms with Gasteiger partial charge in [0.2, 0.25) is 0 Å². The van der Waals surface area contributed by atoms with E-state index in [2.05, 4.69) is 9.72 Å². The van der Waals surface area contributed by atoms with E-state index >= 15 is 0 Å². The number of nitrogens with zero attached hydrogens (tertiary/aromatic N) is 1. The molecule has 2 aromatic rings. The fourth-order valence-electron chi connectivity index (χ4n) is 1.35. The van der Waals surface area contributed by atoms with Crippen LogP contribution in [0.25, 0.3) is 0 Å². The number of esters is 1. The van der Waals surface area contributed by atoms with Gasteiger partial charge < -0.3 is 9.47 Å². The molecule has 92 valence electrons. The van der Waals surface area contributed by atoms with E-state index in [1.165, 1.54) is 13.3 Å². The van der Waals surface area contributed by atoms with Crippen LogP contribution in [0.15, 0.2) is 42.7 Å². The first-order valence-electron chi connectivity index (χ1n) is 5.16. The molecule has 0 bridgehead atoms. The Labute approximate surface area is 109 Å². The third-order valence-corrected chi connectivity index (χ3v) is 2.52. The van der Waals surface area contributed by atoms with Crippen molar-refractivity contribution in [3.63, 3.8) is 0 Å². The Kier molecular flexibility index (Phi) is 3.79. The first-order chi connectivity index (χ1) is 8.70. The second-order valence-electron chi connectivity index (χ2n) is 3.42. The second-order valence-corrected chi connectivity index (χ2v) is 3.83.